The normalized spacial score (nSPS) is 11.2. The van der Waals surface area contributed by atoms with Crippen molar-refractivity contribution in [2.24, 2.45) is 5.18 Å². The summed E-state index contributed by atoms with van der Waals surface area (Å²) in [6, 6.07) is 0. The third-order valence-electron chi connectivity index (χ3n) is 2.09. The Morgan fingerprint density at radius 2 is 1.79 bits per heavy atom. The summed E-state index contributed by atoms with van der Waals surface area (Å²) >= 11 is 0. The third kappa shape index (κ3) is 8.18. The second-order valence-corrected chi connectivity index (χ2v) is 3.60. The van der Waals surface area contributed by atoms with E-state index in [0.717, 1.165) is 6.08 Å². The number of alkyl halides is 3. The summed E-state index contributed by atoms with van der Waals surface area (Å²) in [6.07, 6.45) is -3.55. The van der Waals surface area contributed by atoms with Crippen LogP contribution < -0.4 is 0 Å². The molecule has 3 nitrogen and oxygen atoms in total. The number of allylic oxidation sites excluding steroid dienone is 3. The number of hydrogen-bond acceptors (Lipinski definition) is 3. The number of halogens is 3. The molecule has 0 saturated carbocycles. The molecule has 6 heteroatoms. The van der Waals surface area contributed by atoms with Crippen LogP contribution in [0.4, 0.5) is 13.2 Å². The fourth-order valence-electron chi connectivity index (χ4n) is 1.06. The van der Waals surface area contributed by atoms with Crippen molar-refractivity contribution >= 4 is 0 Å². The molecule has 0 aromatic carbocycles. The standard InChI is InChI=1S/C11H15F3N2O.C2H6/c1-8(2)10(11(12,13)14)7-9(3)16(4)6-5-15-17;1-2/h7H,1,3,5-6H2,2,4H3;1-2H3/b10-7+;. The van der Waals surface area contributed by atoms with E-state index < -0.39 is 11.7 Å². The Labute approximate surface area is 112 Å². The summed E-state index contributed by atoms with van der Waals surface area (Å²) in [5.41, 5.74) is -0.752. The lowest BCUT2D eigenvalue weighted by Gasteiger charge is -2.20. The van der Waals surface area contributed by atoms with Gasteiger partial charge in [0, 0.05) is 19.3 Å². The van der Waals surface area contributed by atoms with Gasteiger partial charge in [-0.15, -0.1) is 0 Å². The molecule has 0 aromatic rings. The lowest BCUT2D eigenvalue weighted by atomic mass is 10.1. The van der Waals surface area contributed by atoms with Crippen LogP contribution in [0, 0.1) is 4.91 Å². The number of rotatable bonds is 6. The van der Waals surface area contributed by atoms with Crippen molar-refractivity contribution in [3.63, 3.8) is 0 Å². The zero-order chi connectivity index (χ0) is 15.6. The summed E-state index contributed by atoms with van der Waals surface area (Å²) in [7, 11) is 1.54. The monoisotopic (exact) mass is 278 g/mol. The predicted octanol–water partition coefficient (Wildman–Crippen LogP) is 4.29. The van der Waals surface area contributed by atoms with Gasteiger partial charge in [-0.1, -0.05) is 32.2 Å². The van der Waals surface area contributed by atoms with Gasteiger partial charge in [-0.2, -0.15) is 18.1 Å². The molecule has 0 aliphatic rings. The van der Waals surface area contributed by atoms with Crippen molar-refractivity contribution in [2.45, 2.75) is 26.9 Å². The van der Waals surface area contributed by atoms with E-state index in [9.17, 15) is 18.1 Å². The summed E-state index contributed by atoms with van der Waals surface area (Å²) < 4.78 is 37.8. The van der Waals surface area contributed by atoms with E-state index >= 15 is 0 Å². The van der Waals surface area contributed by atoms with E-state index in [1.165, 1.54) is 18.9 Å². The van der Waals surface area contributed by atoms with Gasteiger partial charge in [0.15, 0.2) is 0 Å². The van der Waals surface area contributed by atoms with Crippen molar-refractivity contribution in [3.05, 3.63) is 41.0 Å². The highest BCUT2D eigenvalue weighted by atomic mass is 19.4. The van der Waals surface area contributed by atoms with Crippen LogP contribution in [0.1, 0.15) is 20.8 Å². The second-order valence-electron chi connectivity index (χ2n) is 3.60. The lowest BCUT2D eigenvalue weighted by Crippen LogP contribution is -2.21. The van der Waals surface area contributed by atoms with Gasteiger partial charge >= 0.3 is 6.18 Å². The van der Waals surface area contributed by atoms with Crippen molar-refractivity contribution in [2.75, 3.05) is 20.1 Å². The maximum atomic E-state index is 12.6. The van der Waals surface area contributed by atoms with Gasteiger partial charge in [-0.3, -0.25) is 0 Å². The maximum absolute atomic E-state index is 12.6. The fraction of sp³-hybridized carbons (Fsp3) is 0.538. The molecule has 19 heavy (non-hydrogen) atoms. The topological polar surface area (TPSA) is 32.7 Å². The predicted molar refractivity (Wildman–Crippen MR) is 72.7 cm³/mol. The highest BCUT2D eigenvalue weighted by molar-refractivity contribution is 5.36. The Balaban J connectivity index is 0. The van der Waals surface area contributed by atoms with Crippen LogP contribution in [-0.4, -0.2) is 31.2 Å². The zero-order valence-corrected chi connectivity index (χ0v) is 11.8. The van der Waals surface area contributed by atoms with Gasteiger partial charge in [0.1, 0.15) is 0 Å². The molecule has 0 atom stereocenters. The molecule has 0 amide bonds. The number of nitroso groups, excluding NO2 is 1. The molecule has 0 aromatic heterocycles. The molecule has 0 unspecified atom stereocenters. The Bertz CT molecular complexity index is 346. The van der Waals surface area contributed by atoms with Crippen molar-refractivity contribution in [1.82, 2.24) is 4.90 Å². The molecule has 0 radical (unpaired) electrons. The van der Waals surface area contributed by atoms with Gasteiger partial charge in [-0.25, -0.2) is 0 Å². The number of hydrogen-bond donors (Lipinski definition) is 0. The van der Waals surface area contributed by atoms with Crippen LogP contribution in [0.2, 0.25) is 0 Å². The van der Waals surface area contributed by atoms with E-state index in [1.807, 2.05) is 13.8 Å². The lowest BCUT2D eigenvalue weighted by molar-refractivity contribution is -0.0893. The molecule has 0 aliphatic heterocycles. The van der Waals surface area contributed by atoms with E-state index in [2.05, 4.69) is 18.3 Å². The first-order chi connectivity index (χ1) is 8.70. The Morgan fingerprint density at radius 3 is 2.11 bits per heavy atom. The zero-order valence-electron chi connectivity index (χ0n) is 11.8. The Hall–Kier alpha value is -1.59. The maximum Gasteiger partial charge on any atom is 0.416 e. The molecule has 0 rings (SSSR count). The minimum Gasteiger partial charge on any atom is -0.373 e. The number of likely N-dealkylation sites (N-methyl/N-ethyl adjacent to an activating group) is 1. The molecule has 0 bridgehead atoms. The van der Waals surface area contributed by atoms with Gasteiger partial charge in [0.05, 0.1) is 12.1 Å². The van der Waals surface area contributed by atoms with Crippen LogP contribution in [-0.2, 0) is 0 Å². The third-order valence-corrected chi connectivity index (χ3v) is 2.09. The fourth-order valence-corrected chi connectivity index (χ4v) is 1.06. The van der Waals surface area contributed by atoms with E-state index in [-0.39, 0.29) is 24.4 Å². The van der Waals surface area contributed by atoms with Crippen LogP contribution >= 0.6 is 0 Å². The smallest absolute Gasteiger partial charge is 0.373 e. The van der Waals surface area contributed by atoms with Crippen LogP contribution in [0.3, 0.4) is 0 Å². The van der Waals surface area contributed by atoms with Gasteiger partial charge in [0.2, 0.25) is 0 Å². The molecular formula is C13H21F3N2O. The van der Waals surface area contributed by atoms with Crippen molar-refractivity contribution < 1.29 is 13.2 Å². The summed E-state index contributed by atoms with van der Waals surface area (Å²) in [5, 5.41) is 2.63. The molecule has 0 saturated heterocycles. The van der Waals surface area contributed by atoms with Crippen molar-refractivity contribution in [3.8, 4) is 0 Å². The Kier molecular flexibility index (Phi) is 9.72. The first-order valence-corrected chi connectivity index (χ1v) is 5.84. The Morgan fingerprint density at radius 1 is 1.32 bits per heavy atom. The first kappa shape index (κ1) is 19.7. The average Bonchev–Trinajstić information content (AvgIpc) is 2.33. The molecule has 0 aliphatic carbocycles. The van der Waals surface area contributed by atoms with Gasteiger partial charge < -0.3 is 4.90 Å². The summed E-state index contributed by atoms with van der Waals surface area (Å²) in [4.78, 5) is 11.3. The van der Waals surface area contributed by atoms with Gasteiger partial charge in [-0.05, 0) is 18.6 Å². The molecule has 0 fully saturated rings. The summed E-state index contributed by atoms with van der Waals surface area (Å²) in [6.45, 7) is 12.3. The van der Waals surface area contributed by atoms with Crippen molar-refractivity contribution in [1.29, 1.82) is 0 Å². The second kappa shape index (κ2) is 9.35. The molecule has 0 N–H and O–H groups in total. The van der Waals surface area contributed by atoms with Crippen LogP contribution in [0.5, 0.6) is 0 Å². The van der Waals surface area contributed by atoms with Gasteiger partial charge in [0.25, 0.3) is 0 Å². The quantitative estimate of drug-likeness (QED) is 0.536. The largest absolute Gasteiger partial charge is 0.416 e. The van der Waals surface area contributed by atoms with E-state index in [4.69, 9.17) is 0 Å². The molecular weight excluding hydrogens is 257 g/mol. The average molecular weight is 278 g/mol. The minimum atomic E-state index is -4.46. The number of nitrogens with zero attached hydrogens (tertiary/aromatic N) is 2. The minimum absolute atomic E-state index is 0.00220. The van der Waals surface area contributed by atoms with Crippen LogP contribution in [0.15, 0.2) is 41.3 Å². The van der Waals surface area contributed by atoms with E-state index in [0.29, 0.717) is 0 Å². The highest BCUT2D eigenvalue weighted by Gasteiger charge is 2.34. The molecule has 0 heterocycles. The molecule has 110 valence electrons. The summed E-state index contributed by atoms with van der Waals surface area (Å²) in [5.74, 6) is 0. The SMILES string of the molecule is C=C(C)/C(=C\C(=C)N(C)CCN=O)C(F)(F)F.CC. The van der Waals surface area contributed by atoms with Crippen LogP contribution in [0.25, 0.3) is 0 Å². The first-order valence-electron chi connectivity index (χ1n) is 5.84. The van der Waals surface area contributed by atoms with E-state index in [1.54, 1.807) is 0 Å². The molecule has 0 spiro atoms. The highest BCUT2D eigenvalue weighted by Crippen LogP contribution is 2.31.